The number of nitrogens with zero attached hydrogens (tertiary/aromatic N) is 2. The zero-order valence-electron chi connectivity index (χ0n) is 9.90. The number of esters is 1. The van der Waals surface area contributed by atoms with E-state index < -0.39 is 22.5 Å². The van der Waals surface area contributed by atoms with Gasteiger partial charge in [0.15, 0.2) is 5.69 Å². The van der Waals surface area contributed by atoms with Crippen LogP contribution >= 0.6 is 0 Å². The molecular weight excluding hydrogens is 268 g/mol. The maximum atomic E-state index is 11.9. The number of H-pyrrole nitrogens is 1. The molecule has 0 aliphatic rings. The van der Waals surface area contributed by atoms with Crippen molar-refractivity contribution in [3.8, 4) is 5.88 Å². The van der Waals surface area contributed by atoms with E-state index in [1.54, 1.807) is 0 Å². The van der Waals surface area contributed by atoms with E-state index in [1.807, 2.05) is 0 Å². The lowest BCUT2D eigenvalue weighted by Gasteiger charge is -2.03. The average molecular weight is 276 g/mol. The molecule has 1 heterocycles. The summed E-state index contributed by atoms with van der Waals surface area (Å²) in [6.07, 6.45) is 1.11. The minimum absolute atomic E-state index is 0.197. The molecule has 0 bridgehead atoms. The van der Waals surface area contributed by atoms with Gasteiger partial charge in [-0.1, -0.05) is 12.1 Å². The van der Waals surface area contributed by atoms with Crippen LogP contribution in [0.25, 0.3) is 0 Å². The lowest BCUT2D eigenvalue weighted by molar-refractivity contribution is -0.385. The van der Waals surface area contributed by atoms with Gasteiger partial charge in [0.2, 0.25) is 0 Å². The Balaban J connectivity index is 2.31. The number of nitrogens with one attached hydrogen (secondary N) is 1. The summed E-state index contributed by atoms with van der Waals surface area (Å²) in [7, 11) is 0. The maximum Gasteiger partial charge on any atom is 0.351 e. The summed E-state index contributed by atoms with van der Waals surface area (Å²) < 4.78 is 4.84. The monoisotopic (exact) mass is 276 g/mol. The van der Waals surface area contributed by atoms with Crippen molar-refractivity contribution in [2.45, 2.75) is 0 Å². The number of primary amides is 1. The quantitative estimate of drug-likeness (QED) is 0.476. The zero-order valence-corrected chi connectivity index (χ0v) is 9.90. The molecule has 9 nitrogen and oxygen atoms in total. The van der Waals surface area contributed by atoms with Crippen LogP contribution in [0.4, 0.5) is 5.69 Å². The Hall–Kier alpha value is -3.23. The van der Waals surface area contributed by atoms with Gasteiger partial charge in [-0.15, -0.1) is 0 Å². The summed E-state index contributed by atoms with van der Waals surface area (Å²) in [5.74, 6) is -2.21. The number of ether oxygens (including phenoxy) is 1. The first-order valence-corrected chi connectivity index (χ1v) is 5.29. The molecule has 1 aromatic carbocycles. The van der Waals surface area contributed by atoms with Gasteiger partial charge in [-0.05, 0) is 6.07 Å². The Kier molecular flexibility index (Phi) is 3.42. The Morgan fingerprint density at radius 1 is 1.35 bits per heavy atom. The van der Waals surface area contributed by atoms with Crippen LogP contribution in [-0.2, 0) is 0 Å². The van der Waals surface area contributed by atoms with Crippen molar-refractivity contribution >= 4 is 17.6 Å². The van der Waals surface area contributed by atoms with Gasteiger partial charge in [-0.3, -0.25) is 14.9 Å². The molecule has 102 valence electrons. The Morgan fingerprint density at radius 3 is 2.70 bits per heavy atom. The summed E-state index contributed by atoms with van der Waals surface area (Å²) >= 11 is 0. The predicted molar refractivity (Wildman–Crippen MR) is 65.2 cm³/mol. The lowest BCUT2D eigenvalue weighted by atomic mass is 10.2. The molecule has 0 aliphatic carbocycles. The Bertz CT molecular complexity index is 694. The molecule has 9 heteroatoms. The second-order valence-corrected chi connectivity index (χ2v) is 3.61. The summed E-state index contributed by atoms with van der Waals surface area (Å²) in [4.78, 5) is 39.0. The van der Waals surface area contributed by atoms with Crippen molar-refractivity contribution in [1.82, 2.24) is 9.97 Å². The molecule has 20 heavy (non-hydrogen) atoms. The van der Waals surface area contributed by atoms with Crippen molar-refractivity contribution in [1.29, 1.82) is 0 Å². The molecular formula is C11H8N4O5. The number of carbonyl (C=O) groups is 2. The van der Waals surface area contributed by atoms with Gasteiger partial charge in [0.25, 0.3) is 17.5 Å². The van der Waals surface area contributed by atoms with Crippen molar-refractivity contribution in [2.24, 2.45) is 5.73 Å². The fourth-order valence-corrected chi connectivity index (χ4v) is 1.48. The minimum Gasteiger partial charge on any atom is -0.401 e. The SMILES string of the molecule is NC(=O)c1[nH]cnc1OC(=O)c1ccccc1[N+](=O)[O-]. The van der Waals surface area contributed by atoms with Crippen LogP contribution in [0, 0.1) is 10.1 Å². The van der Waals surface area contributed by atoms with Gasteiger partial charge in [0, 0.05) is 6.07 Å². The van der Waals surface area contributed by atoms with Crippen LogP contribution < -0.4 is 10.5 Å². The Labute approximate surface area is 111 Å². The third-order valence-electron chi connectivity index (χ3n) is 2.36. The number of nitrogens with two attached hydrogens (primary N) is 1. The molecule has 0 fully saturated rings. The summed E-state index contributed by atoms with van der Waals surface area (Å²) in [5, 5.41) is 10.8. The second kappa shape index (κ2) is 5.18. The van der Waals surface area contributed by atoms with Crippen molar-refractivity contribution in [3.05, 3.63) is 52.0 Å². The van der Waals surface area contributed by atoms with Crippen LogP contribution in [0.3, 0.4) is 0 Å². The third-order valence-corrected chi connectivity index (χ3v) is 2.36. The number of imidazole rings is 1. The number of rotatable bonds is 4. The fraction of sp³-hybridized carbons (Fsp3) is 0. The highest BCUT2D eigenvalue weighted by Gasteiger charge is 2.23. The number of hydrogen-bond donors (Lipinski definition) is 2. The van der Waals surface area contributed by atoms with Gasteiger partial charge in [-0.2, -0.15) is 0 Å². The van der Waals surface area contributed by atoms with Gasteiger partial charge in [0.1, 0.15) is 5.56 Å². The number of amides is 1. The van der Waals surface area contributed by atoms with E-state index in [1.165, 1.54) is 18.2 Å². The first-order chi connectivity index (χ1) is 9.50. The summed E-state index contributed by atoms with van der Waals surface area (Å²) in [6.45, 7) is 0. The van der Waals surface area contributed by atoms with E-state index in [9.17, 15) is 19.7 Å². The largest absolute Gasteiger partial charge is 0.401 e. The molecule has 0 atom stereocenters. The van der Waals surface area contributed by atoms with Crippen molar-refractivity contribution < 1.29 is 19.2 Å². The number of benzene rings is 1. The third kappa shape index (κ3) is 2.46. The molecule has 0 unspecified atom stereocenters. The van der Waals surface area contributed by atoms with Crippen LogP contribution in [0.15, 0.2) is 30.6 Å². The molecule has 0 saturated heterocycles. The molecule has 0 radical (unpaired) electrons. The van der Waals surface area contributed by atoms with Gasteiger partial charge in [0.05, 0.1) is 11.3 Å². The molecule has 0 saturated carbocycles. The van der Waals surface area contributed by atoms with Crippen molar-refractivity contribution in [2.75, 3.05) is 0 Å². The van der Waals surface area contributed by atoms with E-state index in [0.717, 1.165) is 12.4 Å². The van der Waals surface area contributed by atoms with Gasteiger partial charge >= 0.3 is 5.97 Å². The van der Waals surface area contributed by atoms with Crippen LogP contribution in [0.5, 0.6) is 5.88 Å². The summed E-state index contributed by atoms with van der Waals surface area (Å²) in [5.41, 5.74) is 4.18. The number of nitro benzene ring substituents is 1. The average Bonchev–Trinajstić information content (AvgIpc) is 2.87. The normalized spacial score (nSPS) is 10.0. The standard InChI is InChI=1S/C11H8N4O5/c12-9(16)8-10(14-5-13-8)20-11(17)6-3-1-2-4-7(6)15(18)19/h1-5H,(H2,12,16)(H,13,14). The second-order valence-electron chi connectivity index (χ2n) is 3.61. The number of aromatic amines is 1. The van der Waals surface area contributed by atoms with E-state index in [2.05, 4.69) is 9.97 Å². The van der Waals surface area contributed by atoms with Crippen LogP contribution in [-0.4, -0.2) is 26.8 Å². The molecule has 1 amide bonds. The first kappa shape index (κ1) is 13.2. The topological polar surface area (TPSA) is 141 Å². The van der Waals surface area contributed by atoms with E-state index in [-0.39, 0.29) is 17.1 Å². The van der Waals surface area contributed by atoms with Crippen LogP contribution in [0.1, 0.15) is 20.8 Å². The molecule has 0 spiro atoms. The predicted octanol–water partition coefficient (Wildman–Crippen LogP) is 0.636. The van der Waals surface area contributed by atoms with Crippen LogP contribution in [0.2, 0.25) is 0 Å². The summed E-state index contributed by atoms with van der Waals surface area (Å²) in [6, 6.07) is 5.26. The number of carbonyl (C=O) groups excluding carboxylic acids is 2. The highest BCUT2D eigenvalue weighted by molar-refractivity contribution is 5.98. The number of nitro groups is 1. The van der Waals surface area contributed by atoms with Crippen molar-refractivity contribution in [3.63, 3.8) is 0 Å². The zero-order chi connectivity index (χ0) is 14.7. The number of para-hydroxylation sites is 1. The molecule has 3 N–H and O–H groups in total. The molecule has 2 rings (SSSR count). The molecule has 2 aromatic rings. The highest BCUT2D eigenvalue weighted by atomic mass is 16.6. The maximum absolute atomic E-state index is 11.9. The van der Waals surface area contributed by atoms with Gasteiger partial charge < -0.3 is 15.5 Å². The number of aromatic nitrogens is 2. The van der Waals surface area contributed by atoms with E-state index in [0.29, 0.717) is 0 Å². The fourth-order valence-electron chi connectivity index (χ4n) is 1.48. The molecule has 1 aromatic heterocycles. The lowest BCUT2D eigenvalue weighted by Crippen LogP contribution is -2.16. The van der Waals surface area contributed by atoms with Gasteiger partial charge in [-0.25, -0.2) is 9.78 Å². The first-order valence-electron chi connectivity index (χ1n) is 5.29. The number of hydrogen-bond acceptors (Lipinski definition) is 6. The highest BCUT2D eigenvalue weighted by Crippen LogP contribution is 2.20. The molecule has 0 aliphatic heterocycles. The van der Waals surface area contributed by atoms with E-state index in [4.69, 9.17) is 10.5 Å². The van der Waals surface area contributed by atoms with E-state index >= 15 is 0 Å². The minimum atomic E-state index is -1.01. The smallest absolute Gasteiger partial charge is 0.351 e. The Morgan fingerprint density at radius 2 is 2.05 bits per heavy atom.